The Kier molecular flexibility index (Phi) is 4.63. The molecule has 0 spiro atoms. The van der Waals surface area contributed by atoms with Crippen molar-refractivity contribution < 1.29 is 8.42 Å². The van der Waals surface area contributed by atoms with Gasteiger partial charge in [-0.05, 0) is 25.7 Å². The van der Waals surface area contributed by atoms with Gasteiger partial charge in [-0.1, -0.05) is 12.8 Å². The maximum Gasteiger partial charge on any atom is 0.211 e. The van der Waals surface area contributed by atoms with Crippen molar-refractivity contribution in [2.75, 3.05) is 24.7 Å². The highest BCUT2D eigenvalue weighted by Gasteiger charge is 2.27. The van der Waals surface area contributed by atoms with Crippen LogP contribution < -0.4 is 5.32 Å². The Labute approximate surface area is 132 Å². The molecule has 2 fully saturated rings. The molecule has 1 atom stereocenters. The van der Waals surface area contributed by atoms with Gasteiger partial charge >= 0.3 is 0 Å². The normalized spacial score (nSPS) is 24.5. The molecule has 7 heteroatoms. The van der Waals surface area contributed by atoms with Gasteiger partial charge in [0.25, 0.3) is 0 Å². The maximum absolute atomic E-state index is 11.7. The lowest BCUT2D eigenvalue weighted by molar-refractivity contribution is 0.314. The van der Waals surface area contributed by atoms with Gasteiger partial charge in [-0.3, -0.25) is 4.98 Å². The van der Waals surface area contributed by atoms with Crippen LogP contribution in [0.15, 0.2) is 12.4 Å². The number of aromatic nitrogens is 2. The number of nitrogens with one attached hydrogen (secondary N) is 1. The van der Waals surface area contributed by atoms with Gasteiger partial charge in [-0.2, -0.15) is 0 Å². The van der Waals surface area contributed by atoms with Crippen LogP contribution in [-0.4, -0.2) is 48.1 Å². The van der Waals surface area contributed by atoms with Crippen molar-refractivity contribution in [2.45, 2.75) is 50.5 Å². The summed E-state index contributed by atoms with van der Waals surface area (Å²) in [5.74, 6) is 0.975. The Balaban J connectivity index is 1.64. The molecule has 0 amide bonds. The Morgan fingerprint density at radius 1 is 1.14 bits per heavy atom. The predicted octanol–water partition coefficient (Wildman–Crippen LogP) is 1.97. The smallest absolute Gasteiger partial charge is 0.211 e. The first-order valence-electron chi connectivity index (χ1n) is 8.06. The summed E-state index contributed by atoms with van der Waals surface area (Å²) in [6, 6.07) is 0.524. The van der Waals surface area contributed by atoms with Gasteiger partial charge in [0.05, 0.1) is 24.3 Å². The number of nitrogens with zero attached hydrogens (tertiary/aromatic N) is 3. The standard InChI is InChI=1S/C15H24N4O2S/c1-22(20,21)19-8-4-5-12(11-19)14-9-17-15(10-16-14)18-13-6-2-3-7-13/h9-10,12-13H,2-8,11H2,1H3,(H,17,18). The van der Waals surface area contributed by atoms with Crippen molar-refractivity contribution in [3.8, 4) is 0 Å². The number of hydrogen-bond donors (Lipinski definition) is 1. The van der Waals surface area contributed by atoms with Crippen molar-refractivity contribution in [3.05, 3.63) is 18.1 Å². The minimum absolute atomic E-state index is 0.150. The van der Waals surface area contributed by atoms with Crippen molar-refractivity contribution in [1.29, 1.82) is 0 Å². The molecule has 122 valence electrons. The summed E-state index contributed by atoms with van der Waals surface area (Å²) in [7, 11) is -3.12. The monoisotopic (exact) mass is 324 g/mol. The zero-order chi connectivity index (χ0) is 15.6. The van der Waals surface area contributed by atoms with Crippen LogP contribution >= 0.6 is 0 Å². The van der Waals surface area contributed by atoms with Crippen LogP contribution in [0.4, 0.5) is 5.82 Å². The summed E-state index contributed by atoms with van der Waals surface area (Å²) in [4.78, 5) is 8.98. The van der Waals surface area contributed by atoms with Crippen molar-refractivity contribution in [3.63, 3.8) is 0 Å². The van der Waals surface area contributed by atoms with Gasteiger partial charge in [0, 0.05) is 25.0 Å². The van der Waals surface area contributed by atoms with Gasteiger partial charge < -0.3 is 5.32 Å². The van der Waals surface area contributed by atoms with Crippen LogP contribution in [0, 0.1) is 0 Å². The fourth-order valence-corrected chi connectivity index (χ4v) is 4.30. The largest absolute Gasteiger partial charge is 0.366 e. The van der Waals surface area contributed by atoms with E-state index in [1.54, 1.807) is 16.7 Å². The van der Waals surface area contributed by atoms with Crippen LogP contribution in [0.3, 0.4) is 0 Å². The number of sulfonamides is 1. The maximum atomic E-state index is 11.7. The third-order valence-electron chi connectivity index (χ3n) is 4.65. The number of piperidine rings is 1. The Morgan fingerprint density at radius 2 is 1.91 bits per heavy atom. The number of hydrogen-bond acceptors (Lipinski definition) is 5. The molecule has 1 aromatic rings. The first-order chi connectivity index (χ1) is 10.5. The molecule has 2 aliphatic rings. The topological polar surface area (TPSA) is 75.2 Å². The van der Waals surface area contributed by atoms with Gasteiger partial charge in [0.15, 0.2) is 0 Å². The first kappa shape index (κ1) is 15.7. The van der Waals surface area contributed by atoms with E-state index >= 15 is 0 Å². The van der Waals surface area contributed by atoms with Crippen LogP contribution in [0.25, 0.3) is 0 Å². The average molecular weight is 324 g/mol. The van der Waals surface area contributed by atoms with Gasteiger partial charge in [-0.25, -0.2) is 17.7 Å². The lowest BCUT2D eigenvalue weighted by atomic mass is 9.96. The van der Waals surface area contributed by atoms with E-state index < -0.39 is 10.0 Å². The molecule has 1 N–H and O–H groups in total. The molecule has 1 aliphatic carbocycles. The molecule has 2 heterocycles. The molecule has 3 rings (SSSR count). The molecule has 1 unspecified atom stereocenters. The minimum Gasteiger partial charge on any atom is -0.366 e. The van der Waals surface area contributed by atoms with Crippen LogP contribution in [0.5, 0.6) is 0 Å². The fourth-order valence-electron chi connectivity index (χ4n) is 3.39. The van der Waals surface area contributed by atoms with E-state index in [1.807, 2.05) is 0 Å². The highest BCUT2D eigenvalue weighted by Crippen LogP contribution is 2.27. The van der Waals surface area contributed by atoms with Crippen molar-refractivity contribution >= 4 is 15.8 Å². The molecule has 1 saturated carbocycles. The van der Waals surface area contributed by atoms with E-state index in [-0.39, 0.29) is 5.92 Å². The highest BCUT2D eigenvalue weighted by atomic mass is 32.2. The number of rotatable bonds is 4. The lowest BCUT2D eigenvalue weighted by Gasteiger charge is -2.30. The van der Waals surface area contributed by atoms with E-state index in [0.29, 0.717) is 19.1 Å². The zero-order valence-electron chi connectivity index (χ0n) is 13.0. The minimum atomic E-state index is -3.12. The summed E-state index contributed by atoms with van der Waals surface area (Å²) in [6.07, 6.45) is 11.7. The predicted molar refractivity (Wildman–Crippen MR) is 86.3 cm³/mol. The SMILES string of the molecule is CS(=O)(=O)N1CCCC(c2cnc(NC3CCCC3)cn2)C1. The summed E-state index contributed by atoms with van der Waals surface area (Å²) in [6.45, 7) is 1.13. The van der Waals surface area contributed by atoms with E-state index in [9.17, 15) is 8.42 Å². The van der Waals surface area contributed by atoms with E-state index in [0.717, 1.165) is 24.4 Å². The molecular formula is C15H24N4O2S. The third-order valence-corrected chi connectivity index (χ3v) is 5.92. The van der Waals surface area contributed by atoms with E-state index in [1.165, 1.54) is 31.9 Å². The van der Waals surface area contributed by atoms with Gasteiger partial charge in [0.1, 0.15) is 5.82 Å². The van der Waals surface area contributed by atoms with Crippen molar-refractivity contribution in [2.24, 2.45) is 0 Å². The molecule has 1 aliphatic heterocycles. The lowest BCUT2D eigenvalue weighted by Crippen LogP contribution is -2.38. The van der Waals surface area contributed by atoms with Gasteiger partial charge in [-0.15, -0.1) is 0 Å². The van der Waals surface area contributed by atoms with Crippen molar-refractivity contribution in [1.82, 2.24) is 14.3 Å². The van der Waals surface area contributed by atoms with E-state index in [2.05, 4.69) is 15.3 Å². The second kappa shape index (κ2) is 6.50. The second-order valence-corrected chi connectivity index (χ2v) is 8.39. The van der Waals surface area contributed by atoms with Crippen LogP contribution in [0.2, 0.25) is 0 Å². The molecule has 0 bridgehead atoms. The Hall–Kier alpha value is -1.21. The zero-order valence-corrected chi connectivity index (χ0v) is 13.8. The van der Waals surface area contributed by atoms with Crippen LogP contribution in [-0.2, 0) is 10.0 Å². The third kappa shape index (κ3) is 3.76. The summed E-state index contributed by atoms with van der Waals surface area (Å²) < 4.78 is 24.9. The highest BCUT2D eigenvalue weighted by molar-refractivity contribution is 7.88. The molecule has 6 nitrogen and oxygen atoms in total. The first-order valence-corrected chi connectivity index (χ1v) is 9.91. The molecule has 22 heavy (non-hydrogen) atoms. The Bertz CT molecular complexity index is 596. The molecule has 1 aromatic heterocycles. The summed E-state index contributed by atoms with van der Waals surface area (Å²) >= 11 is 0. The number of anilines is 1. The molecular weight excluding hydrogens is 300 g/mol. The molecule has 0 aromatic carbocycles. The quantitative estimate of drug-likeness (QED) is 0.916. The van der Waals surface area contributed by atoms with Gasteiger partial charge in [0.2, 0.25) is 10.0 Å². The second-order valence-electron chi connectivity index (χ2n) is 6.41. The summed E-state index contributed by atoms with van der Waals surface area (Å²) in [5, 5.41) is 3.42. The van der Waals surface area contributed by atoms with Crippen LogP contribution in [0.1, 0.15) is 50.1 Å². The average Bonchev–Trinajstić information content (AvgIpc) is 3.00. The Morgan fingerprint density at radius 3 is 2.55 bits per heavy atom. The molecule has 0 radical (unpaired) electrons. The summed E-state index contributed by atoms with van der Waals surface area (Å²) in [5.41, 5.74) is 0.894. The fraction of sp³-hybridized carbons (Fsp3) is 0.733. The van der Waals surface area contributed by atoms with E-state index in [4.69, 9.17) is 0 Å². The molecule has 1 saturated heterocycles.